The molecule has 1 N–H and O–H groups in total. The molecule has 0 spiro atoms. The summed E-state index contributed by atoms with van der Waals surface area (Å²) in [6, 6.07) is 6.42. The first-order chi connectivity index (χ1) is 7.99. The lowest BCUT2D eigenvalue weighted by atomic mass is 9.82. The molecule has 2 rings (SSSR count). The van der Waals surface area contributed by atoms with Gasteiger partial charge in [-0.3, -0.25) is 0 Å². The first kappa shape index (κ1) is 13.6. The molecule has 1 fully saturated rings. The van der Waals surface area contributed by atoms with Crippen LogP contribution in [0.4, 0.5) is 5.69 Å². The van der Waals surface area contributed by atoms with Crippen molar-refractivity contribution in [2.24, 2.45) is 5.41 Å². The Morgan fingerprint density at radius 2 is 2.24 bits per heavy atom. The first-order valence-electron chi connectivity index (χ1n) is 5.78. The van der Waals surface area contributed by atoms with Crippen molar-refractivity contribution in [3.8, 4) is 0 Å². The highest BCUT2D eigenvalue weighted by Crippen LogP contribution is 2.37. The van der Waals surface area contributed by atoms with Crippen LogP contribution >= 0.6 is 39.3 Å². The minimum absolute atomic E-state index is 0.352. The summed E-state index contributed by atoms with van der Waals surface area (Å²) in [4.78, 5) is 0. The molecule has 1 saturated heterocycles. The van der Waals surface area contributed by atoms with E-state index < -0.39 is 0 Å². The first-order valence-corrected chi connectivity index (χ1v) is 8.11. The van der Waals surface area contributed by atoms with Crippen LogP contribution in [0.2, 0.25) is 5.02 Å². The standard InChI is InChI=1S/C13H17BrClNS/c1-13(2)5-6-17-8-12(13)16-11-4-3-9(15)7-10(11)14/h3-4,7,12,16H,5-6,8H2,1-2H3. The molecule has 0 radical (unpaired) electrons. The molecule has 94 valence electrons. The van der Waals surface area contributed by atoms with Crippen molar-refractivity contribution in [3.05, 3.63) is 27.7 Å². The largest absolute Gasteiger partial charge is 0.380 e. The van der Waals surface area contributed by atoms with Gasteiger partial charge in [-0.1, -0.05) is 25.4 Å². The average molecular weight is 335 g/mol. The Morgan fingerprint density at radius 1 is 1.47 bits per heavy atom. The molecule has 0 bridgehead atoms. The third kappa shape index (κ3) is 3.33. The highest BCUT2D eigenvalue weighted by molar-refractivity contribution is 9.10. The van der Waals surface area contributed by atoms with Crippen LogP contribution in [0.3, 0.4) is 0 Å². The van der Waals surface area contributed by atoms with Gasteiger partial charge in [0.25, 0.3) is 0 Å². The van der Waals surface area contributed by atoms with Crippen molar-refractivity contribution < 1.29 is 0 Å². The van der Waals surface area contributed by atoms with E-state index in [1.807, 2.05) is 30.0 Å². The second-order valence-corrected chi connectivity index (χ2v) is 7.58. The number of hydrogen-bond donors (Lipinski definition) is 1. The molecule has 1 aliphatic rings. The maximum Gasteiger partial charge on any atom is 0.0488 e. The number of halogens is 2. The number of anilines is 1. The number of rotatable bonds is 2. The van der Waals surface area contributed by atoms with Crippen molar-refractivity contribution in [1.82, 2.24) is 0 Å². The average Bonchev–Trinajstić information content (AvgIpc) is 2.24. The Bertz CT molecular complexity index is 408. The van der Waals surface area contributed by atoms with E-state index >= 15 is 0 Å². The third-order valence-electron chi connectivity index (χ3n) is 3.38. The summed E-state index contributed by atoms with van der Waals surface area (Å²) in [6.07, 6.45) is 1.26. The van der Waals surface area contributed by atoms with Crippen molar-refractivity contribution in [3.63, 3.8) is 0 Å². The molecule has 0 amide bonds. The van der Waals surface area contributed by atoms with Gasteiger partial charge in [0, 0.05) is 27.0 Å². The number of nitrogens with one attached hydrogen (secondary N) is 1. The normalized spacial score (nSPS) is 23.4. The van der Waals surface area contributed by atoms with E-state index in [1.54, 1.807) is 0 Å². The van der Waals surface area contributed by atoms with E-state index in [4.69, 9.17) is 11.6 Å². The monoisotopic (exact) mass is 333 g/mol. The summed E-state index contributed by atoms with van der Waals surface area (Å²) in [6.45, 7) is 4.68. The van der Waals surface area contributed by atoms with E-state index in [0.717, 1.165) is 15.2 Å². The van der Waals surface area contributed by atoms with E-state index in [9.17, 15) is 0 Å². The van der Waals surface area contributed by atoms with Gasteiger partial charge < -0.3 is 5.32 Å². The molecular weight excluding hydrogens is 318 g/mol. The molecule has 0 aliphatic carbocycles. The van der Waals surface area contributed by atoms with Gasteiger partial charge in [0.05, 0.1) is 0 Å². The number of benzene rings is 1. The zero-order valence-electron chi connectivity index (χ0n) is 10.1. The van der Waals surface area contributed by atoms with Crippen LogP contribution in [0.1, 0.15) is 20.3 Å². The van der Waals surface area contributed by atoms with Crippen molar-refractivity contribution in [2.45, 2.75) is 26.3 Å². The highest BCUT2D eigenvalue weighted by Gasteiger charge is 2.32. The Hall–Kier alpha value is 0.140. The van der Waals surface area contributed by atoms with Gasteiger partial charge in [-0.05, 0) is 51.7 Å². The fourth-order valence-electron chi connectivity index (χ4n) is 1.97. The van der Waals surface area contributed by atoms with Crippen LogP contribution in [-0.4, -0.2) is 17.5 Å². The minimum Gasteiger partial charge on any atom is -0.380 e. The van der Waals surface area contributed by atoms with E-state index in [0.29, 0.717) is 11.5 Å². The van der Waals surface area contributed by atoms with Gasteiger partial charge in [0.15, 0.2) is 0 Å². The van der Waals surface area contributed by atoms with Crippen LogP contribution < -0.4 is 5.32 Å². The van der Waals surface area contributed by atoms with Crippen molar-refractivity contribution in [2.75, 3.05) is 16.8 Å². The molecule has 4 heteroatoms. The summed E-state index contributed by atoms with van der Waals surface area (Å²) in [5.41, 5.74) is 1.49. The predicted octanol–water partition coefficient (Wildman–Crippen LogP) is 5.05. The molecule has 0 aromatic heterocycles. The van der Waals surface area contributed by atoms with Gasteiger partial charge in [0.2, 0.25) is 0 Å². The zero-order valence-corrected chi connectivity index (χ0v) is 13.3. The summed E-state index contributed by atoms with van der Waals surface area (Å²) < 4.78 is 1.04. The molecule has 1 atom stereocenters. The maximum absolute atomic E-state index is 5.95. The fraction of sp³-hybridized carbons (Fsp3) is 0.538. The van der Waals surface area contributed by atoms with Crippen molar-refractivity contribution in [1.29, 1.82) is 0 Å². The van der Waals surface area contributed by atoms with Gasteiger partial charge in [-0.2, -0.15) is 11.8 Å². The summed E-state index contributed by atoms with van der Waals surface area (Å²) in [5.74, 6) is 2.44. The molecule has 17 heavy (non-hydrogen) atoms. The van der Waals surface area contributed by atoms with Crippen LogP contribution in [0.25, 0.3) is 0 Å². The molecule has 1 aromatic rings. The minimum atomic E-state index is 0.352. The predicted molar refractivity (Wildman–Crippen MR) is 82.3 cm³/mol. The lowest BCUT2D eigenvalue weighted by Gasteiger charge is -2.39. The third-order valence-corrected chi connectivity index (χ3v) is 5.33. The Morgan fingerprint density at radius 3 is 2.88 bits per heavy atom. The second-order valence-electron chi connectivity index (χ2n) is 5.13. The molecule has 1 heterocycles. The zero-order chi connectivity index (χ0) is 12.5. The van der Waals surface area contributed by atoms with Gasteiger partial charge in [-0.25, -0.2) is 0 Å². The van der Waals surface area contributed by atoms with Crippen molar-refractivity contribution >= 4 is 45.0 Å². The van der Waals surface area contributed by atoms with E-state index in [-0.39, 0.29) is 0 Å². The van der Waals surface area contributed by atoms with Crippen LogP contribution in [0.5, 0.6) is 0 Å². The lowest BCUT2D eigenvalue weighted by molar-refractivity contribution is 0.305. The van der Waals surface area contributed by atoms with Gasteiger partial charge >= 0.3 is 0 Å². The van der Waals surface area contributed by atoms with Crippen LogP contribution in [0, 0.1) is 5.41 Å². The lowest BCUT2D eigenvalue weighted by Crippen LogP contribution is -2.41. The second kappa shape index (κ2) is 5.41. The molecule has 1 aromatic carbocycles. The van der Waals surface area contributed by atoms with E-state index in [2.05, 4.69) is 35.1 Å². The van der Waals surface area contributed by atoms with E-state index in [1.165, 1.54) is 17.9 Å². The highest BCUT2D eigenvalue weighted by atomic mass is 79.9. The number of thioether (sulfide) groups is 1. The SMILES string of the molecule is CC1(C)CCSCC1Nc1ccc(Cl)cc1Br. The number of hydrogen-bond acceptors (Lipinski definition) is 2. The van der Waals surface area contributed by atoms with Gasteiger partial charge in [0.1, 0.15) is 0 Å². The Balaban J connectivity index is 2.14. The molecule has 1 aliphatic heterocycles. The Labute approximate surface area is 121 Å². The smallest absolute Gasteiger partial charge is 0.0488 e. The summed E-state index contributed by atoms with van der Waals surface area (Å²) in [5, 5.41) is 4.40. The maximum atomic E-state index is 5.95. The quantitative estimate of drug-likeness (QED) is 0.812. The topological polar surface area (TPSA) is 12.0 Å². The molecule has 1 unspecified atom stereocenters. The van der Waals surface area contributed by atoms with Gasteiger partial charge in [-0.15, -0.1) is 0 Å². The molecule has 0 saturated carbocycles. The summed E-state index contributed by atoms with van der Waals surface area (Å²) >= 11 is 11.5. The molecular formula is C13H17BrClNS. The van der Waals surface area contributed by atoms with Crippen LogP contribution in [0.15, 0.2) is 22.7 Å². The Kier molecular flexibility index (Phi) is 4.32. The summed E-state index contributed by atoms with van der Waals surface area (Å²) in [7, 11) is 0. The fourth-order valence-corrected chi connectivity index (χ4v) is 4.37. The molecule has 1 nitrogen and oxygen atoms in total. The van der Waals surface area contributed by atoms with Crippen LogP contribution in [-0.2, 0) is 0 Å².